The number of halogens is 2. The van der Waals surface area contributed by atoms with Gasteiger partial charge < -0.3 is 5.32 Å². The predicted molar refractivity (Wildman–Crippen MR) is 143 cm³/mol. The van der Waals surface area contributed by atoms with Crippen LogP contribution >= 0.6 is 11.8 Å². The van der Waals surface area contributed by atoms with Crippen LogP contribution in [0.5, 0.6) is 0 Å². The van der Waals surface area contributed by atoms with Crippen LogP contribution in [0.4, 0.5) is 14.5 Å². The molecule has 0 bridgehead atoms. The van der Waals surface area contributed by atoms with Gasteiger partial charge >= 0.3 is 0 Å². The molecule has 3 heterocycles. The number of sulfonamides is 1. The van der Waals surface area contributed by atoms with Crippen LogP contribution in [0.3, 0.4) is 0 Å². The van der Waals surface area contributed by atoms with E-state index in [0.29, 0.717) is 11.3 Å². The van der Waals surface area contributed by atoms with Crippen molar-refractivity contribution in [1.82, 2.24) is 10.3 Å². The number of nitrogens with one attached hydrogen (secondary N) is 1. The Kier molecular flexibility index (Phi) is 6.42. The van der Waals surface area contributed by atoms with Crippen LogP contribution in [-0.2, 0) is 22.0 Å². The fourth-order valence-electron chi connectivity index (χ4n) is 5.97. The van der Waals surface area contributed by atoms with E-state index in [2.05, 4.69) is 10.3 Å². The van der Waals surface area contributed by atoms with Crippen LogP contribution in [0, 0.1) is 17.6 Å². The third kappa shape index (κ3) is 4.27. The highest BCUT2D eigenvalue weighted by Crippen LogP contribution is 2.59. The maximum absolute atomic E-state index is 14.1. The number of hydrogen-bond acceptors (Lipinski definition) is 5. The summed E-state index contributed by atoms with van der Waals surface area (Å²) in [5.41, 5.74) is 1.60. The summed E-state index contributed by atoms with van der Waals surface area (Å²) in [6.07, 6.45) is 4.99. The summed E-state index contributed by atoms with van der Waals surface area (Å²) >= 11 is 1.86. The molecule has 1 unspecified atom stereocenters. The first-order valence-electron chi connectivity index (χ1n) is 12.7. The van der Waals surface area contributed by atoms with Gasteiger partial charge in [0, 0.05) is 17.2 Å². The van der Waals surface area contributed by atoms with E-state index in [1.165, 1.54) is 42.6 Å². The Balaban J connectivity index is 1.41. The summed E-state index contributed by atoms with van der Waals surface area (Å²) < 4.78 is 57.3. The van der Waals surface area contributed by atoms with Gasteiger partial charge in [-0.3, -0.25) is 14.1 Å². The van der Waals surface area contributed by atoms with Crippen LogP contribution in [0.15, 0.2) is 65.7 Å². The molecule has 2 aromatic carbocycles. The second kappa shape index (κ2) is 9.64. The third-order valence-corrected chi connectivity index (χ3v) is 10.7. The molecule has 0 radical (unpaired) electrons. The van der Waals surface area contributed by atoms with E-state index >= 15 is 0 Å². The maximum Gasteiger partial charge on any atom is 0.264 e. The van der Waals surface area contributed by atoms with Crippen molar-refractivity contribution >= 4 is 33.4 Å². The Morgan fingerprint density at radius 2 is 1.82 bits per heavy atom. The van der Waals surface area contributed by atoms with Crippen LogP contribution in [0.1, 0.15) is 47.3 Å². The van der Waals surface area contributed by atoms with Crippen molar-refractivity contribution in [2.75, 3.05) is 15.8 Å². The van der Waals surface area contributed by atoms with E-state index in [9.17, 15) is 22.0 Å². The van der Waals surface area contributed by atoms with Gasteiger partial charge in [-0.25, -0.2) is 17.2 Å². The molecular weight excluding hydrogens is 528 g/mol. The molecule has 6 nitrogen and oxygen atoms in total. The van der Waals surface area contributed by atoms with Gasteiger partial charge in [0.15, 0.2) is 0 Å². The van der Waals surface area contributed by atoms with Crippen LogP contribution in [-0.4, -0.2) is 36.9 Å². The minimum absolute atomic E-state index is 0.0527. The van der Waals surface area contributed by atoms with Gasteiger partial charge in [-0.1, -0.05) is 0 Å². The molecule has 1 saturated heterocycles. The van der Waals surface area contributed by atoms with E-state index in [0.717, 1.165) is 42.8 Å². The number of carbonyl (C=O) groups excluding carboxylic acids is 1. The number of benzene rings is 2. The van der Waals surface area contributed by atoms with Gasteiger partial charge in [0.2, 0.25) is 0 Å². The highest BCUT2D eigenvalue weighted by atomic mass is 32.2. The summed E-state index contributed by atoms with van der Waals surface area (Å²) in [5.74, 6) is 0.678. The maximum atomic E-state index is 14.1. The van der Waals surface area contributed by atoms with Crippen molar-refractivity contribution in [2.45, 2.75) is 48.6 Å². The van der Waals surface area contributed by atoms with E-state index in [1.807, 2.05) is 17.8 Å². The topological polar surface area (TPSA) is 79.4 Å². The van der Waals surface area contributed by atoms with Crippen molar-refractivity contribution in [1.29, 1.82) is 0 Å². The molecule has 1 atom stereocenters. The normalized spacial score (nSPS) is 20.4. The third-order valence-electron chi connectivity index (χ3n) is 7.93. The number of carbonyl (C=O) groups is 1. The smallest absolute Gasteiger partial charge is 0.264 e. The van der Waals surface area contributed by atoms with Gasteiger partial charge in [-0.05, 0) is 103 Å². The fraction of sp³-hybridized carbons (Fsp3) is 0.357. The van der Waals surface area contributed by atoms with Gasteiger partial charge in [0.25, 0.3) is 15.9 Å². The van der Waals surface area contributed by atoms with Gasteiger partial charge in [0.05, 0.1) is 28.9 Å². The predicted octanol–water partition coefficient (Wildman–Crippen LogP) is 5.04. The minimum atomic E-state index is -3.97. The SMILES string of the molecule is O=C(NCc1ncccc1F)c1ccc2c(c1)C1(CCSCC1)C(C1CC1)N2S(=O)(=O)c1ccc(F)cc1. The zero-order valence-electron chi connectivity index (χ0n) is 20.6. The highest BCUT2D eigenvalue weighted by Gasteiger charge is 2.59. The second-order valence-electron chi connectivity index (χ2n) is 10.2. The molecule has 1 spiro atoms. The Labute approximate surface area is 224 Å². The summed E-state index contributed by atoms with van der Waals surface area (Å²) in [5, 5.41) is 2.74. The van der Waals surface area contributed by atoms with Crippen LogP contribution in [0.2, 0.25) is 0 Å². The first-order valence-corrected chi connectivity index (χ1v) is 15.3. The lowest BCUT2D eigenvalue weighted by Crippen LogP contribution is -2.50. The molecule has 38 heavy (non-hydrogen) atoms. The molecule has 10 heteroatoms. The summed E-state index contributed by atoms with van der Waals surface area (Å²) in [4.78, 5) is 17.2. The monoisotopic (exact) mass is 555 g/mol. The minimum Gasteiger partial charge on any atom is -0.346 e. The lowest BCUT2D eigenvalue weighted by Gasteiger charge is -2.41. The second-order valence-corrected chi connectivity index (χ2v) is 13.2. The number of nitrogens with zero attached hydrogens (tertiary/aromatic N) is 2. The number of aromatic nitrogens is 1. The summed E-state index contributed by atoms with van der Waals surface area (Å²) in [7, 11) is -3.97. The fourth-order valence-corrected chi connectivity index (χ4v) is 8.99. The quantitative estimate of drug-likeness (QED) is 0.461. The largest absolute Gasteiger partial charge is 0.346 e. The van der Waals surface area contributed by atoms with E-state index in [4.69, 9.17) is 0 Å². The zero-order valence-corrected chi connectivity index (χ0v) is 22.2. The standard InChI is InChI=1S/C28H27F2N3O3S2/c29-20-6-8-21(9-7-20)38(35,36)33-25-10-5-19(27(34)32-17-24-23(30)2-1-13-31-24)16-22(25)28(11-14-37-15-12-28)26(33)18-3-4-18/h1-2,5-10,13,16,18,26H,3-4,11-12,14-15,17H2,(H,32,34). The number of pyridine rings is 1. The number of thioether (sulfide) groups is 1. The average molecular weight is 556 g/mol. The first kappa shape index (κ1) is 25.3. The number of anilines is 1. The van der Waals surface area contributed by atoms with Crippen molar-refractivity contribution in [3.63, 3.8) is 0 Å². The van der Waals surface area contributed by atoms with Crippen LogP contribution in [0.25, 0.3) is 0 Å². The van der Waals surface area contributed by atoms with E-state index < -0.39 is 27.1 Å². The Hall–Kier alpha value is -2.98. The molecule has 1 amide bonds. The Morgan fingerprint density at radius 3 is 2.50 bits per heavy atom. The van der Waals surface area contributed by atoms with Crippen molar-refractivity contribution < 1.29 is 22.0 Å². The Bertz CT molecular complexity index is 1490. The van der Waals surface area contributed by atoms with E-state index in [-0.39, 0.29) is 35.0 Å². The molecule has 1 aliphatic carbocycles. The molecule has 2 fully saturated rings. The molecule has 3 aromatic rings. The molecule has 2 aliphatic heterocycles. The number of fused-ring (bicyclic) bond motifs is 2. The molecule has 6 rings (SSSR count). The molecule has 3 aliphatic rings. The summed E-state index contributed by atoms with van der Waals surface area (Å²) in [6.45, 7) is -0.0554. The number of hydrogen-bond donors (Lipinski definition) is 1. The average Bonchev–Trinajstić information content (AvgIpc) is 3.72. The van der Waals surface area contributed by atoms with Gasteiger partial charge in [-0.15, -0.1) is 0 Å². The van der Waals surface area contributed by atoms with Crippen molar-refractivity contribution in [3.8, 4) is 0 Å². The van der Waals surface area contributed by atoms with Crippen molar-refractivity contribution in [3.05, 3.63) is 89.2 Å². The van der Waals surface area contributed by atoms with Gasteiger partial charge in [-0.2, -0.15) is 11.8 Å². The lowest BCUT2D eigenvalue weighted by atomic mass is 9.70. The first-order chi connectivity index (χ1) is 18.3. The molecular formula is C28H27F2N3O3S2. The molecule has 1 aromatic heterocycles. The zero-order chi connectivity index (χ0) is 26.5. The molecule has 198 valence electrons. The lowest BCUT2D eigenvalue weighted by molar-refractivity contribution is 0.0950. The summed E-state index contributed by atoms with van der Waals surface area (Å²) in [6, 6.07) is 12.7. The van der Waals surface area contributed by atoms with E-state index in [1.54, 1.807) is 16.4 Å². The van der Waals surface area contributed by atoms with Crippen molar-refractivity contribution in [2.24, 2.45) is 5.92 Å². The highest BCUT2D eigenvalue weighted by molar-refractivity contribution is 7.99. The molecule has 1 saturated carbocycles. The molecule has 1 N–H and O–H groups in total. The number of amides is 1. The van der Waals surface area contributed by atoms with Crippen LogP contribution < -0.4 is 9.62 Å². The number of rotatable bonds is 6. The van der Waals surface area contributed by atoms with Gasteiger partial charge in [0.1, 0.15) is 11.6 Å². The Morgan fingerprint density at radius 1 is 1.08 bits per heavy atom.